The molecule has 0 aromatic rings. The average molecular weight is 269 g/mol. The van der Waals surface area contributed by atoms with Gasteiger partial charge >= 0.3 is 0 Å². The predicted octanol–water partition coefficient (Wildman–Crippen LogP) is 1.74. The molecule has 2 unspecified atom stereocenters. The van der Waals surface area contributed by atoms with Crippen LogP contribution >= 0.6 is 0 Å². The molecule has 1 fully saturated rings. The van der Waals surface area contributed by atoms with Crippen molar-refractivity contribution in [2.45, 2.75) is 65.0 Å². The van der Waals surface area contributed by atoms with Gasteiger partial charge in [-0.05, 0) is 51.6 Å². The maximum atomic E-state index is 12.0. The molecule has 4 heteroatoms. The highest BCUT2D eigenvalue weighted by atomic mass is 16.1. The molecule has 0 saturated carbocycles. The summed E-state index contributed by atoms with van der Waals surface area (Å²) in [5.41, 5.74) is 5.77. The van der Waals surface area contributed by atoms with Crippen LogP contribution in [0.4, 0.5) is 0 Å². The summed E-state index contributed by atoms with van der Waals surface area (Å²) in [4.78, 5) is 14.3. The second-order valence-corrected chi connectivity index (χ2v) is 6.82. The van der Waals surface area contributed by atoms with E-state index in [-0.39, 0.29) is 11.3 Å². The number of nitrogens with two attached hydrogens (primary N) is 1. The zero-order valence-corrected chi connectivity index (χ0v) is 13.0. The molecular weight excluding hydrogens is 238 g/mol. The fourth-order valence-corrected chi connectivity index (χ4v) is 2.69. The number of nitrogens with zero attached hydrogens (tertiary/aromatic N) is 1. The Morgan fingerprint density at radius 2 is 2.11 bits per heavy atom. The molecule has 2 atom stereocenters. The molecule has 0 radical (unpaired) electrons. The van der Waals surface area contributed by atoms with Crippen molar-refractivity contribution in [3.63, 3.8) is 0 Å². The molecule has 1 aliphatic heterocycles. The Labute approximate surface area is 118 Å². The number of likely N-dealkylation sites (tertiary alicyclic amines) is 1. The number of carbonyl (C=O) groups excluding carboxylic acids is 1. The molecule has 0 aromatic carbocycles. The number of hydrogen-bond donors (Lipinski definition) is 2. The Bertz CT molecular complexity index is 291. The first-order valence-corrected chi connectivity index (χ1v) is 7.54. The van der Waals surface area contributed by atoms with Gasteiger partial charge in [-0.1, -0.05) is 13.8 Å². The van der Waals surface area contributed by atoms with Crippen molar-refractivity contribution in [2.75, 3.05) is 20.1 Å². The Balaban J connectivity index is 2.28. The van der Waals surface area contributed by atoms with E-state index in [0.717, 1.165) is 32.2 Å². The minimum absolute atomic E-state index is 0.173. The van der Waals surface area contributed by atoms with Crippen LogP contribution in [-0.4, -0.2) is 43.0 Å². The third-order valence-electron chi connectivity index (χ3n) is 4.42. The monoisotopic (exact) mass is 269 g/mol. The van der Waals surface area contributed by atoms with E-state index in [1.165, 1.54) is 0 Å². The van der Waals surface area contributed by atoms with E-state index >= 15 is 0 Å². The molecular formula is C15H31N3O. The summed E-state index contributed by atoms with van der Waals surface area (Å²) in [5, 5.41) is 3.19. The molecule has 0 bridgehead atoms. The summed E-state index contributed by atoms with van der Waals surface area (Å²) >= 11 is 0. The van der Waals surface area contributed by atoms with Gasteiger partial charge < -0.3 is 16.0 Å². The van der Waals surface area contributed by atoms with Crippen molar-refractivity contribution in [2.24, 2.45) is 11.1 Å². The van der Waals surface area contributed by atoms with E-state index in [4.69, 9.17) is 5.73 Å². The summed E-state index contributed by atoms with van der Waals surface area (Å²) in [7, 11) is 2.15. The van der Waals surface area contributed by atoms with Crippen LogP contribution in [0.2, 0.25) is 0 Å². The minimum Gasteiger partial charge on any atom is -0.353 e. The van der Waals surface area contributed by atoms with Crippen molar-refractivity contribution in [3.8, 4) is 0 Å². The van der Waals surface area contributed by atoms with Crippen LogP contribution in [0.5, 0.6) is 0 Å². The maximum absolute atomic E-state index is 12.0. The first-order valence-electron chi connectivity index (χ1n) is 7.54. The number of piperidine rings is 1. The van der Waals surface area contributed by atoms with Crippen LogP contribution in [0.1, 0.15) is 52.9 Å². The van der Waals surface area contributed by atoms with E-state index in [0.29, 0.717) is 25.0 Å². The molecule has 112 valence electrons. The van der Waals surface area contributed by atoms with Crippen LogP contribution in [0.15, 0.2) is 0 Å². The molecule has 3 N–H and O–H groups in total. The van der Waals surface area contributed by atoms with E-state index in [1.54, 1.807) is 0 Å². The quantitative estimate of drug-likeness (QED) is 0.772. The molecule has 1 saturated heterocycles. The van der Waals surface area contributed by atoms with Gasteiger partial charge in [0.25, 0.3) is 0 Å². The van der Waals surface area contributed by atoms with E-state index < -0.39 is 0 Å². The number of rotatable bonds is 6. The van der Waals surface area contributed by atoms with Crippen molar-refractivity contribution in [1.29, 1.82) is 0 Å². The van der Waals surface area contributed by atoms with Gasteiger partial charge in [-0.3, -0.25) is 4.79 Å². The van der Waals surface area contributed by atoms with Crippen molar-refractivity contribution >= 4 is 5.91 Å². The Morgan fingerprint density at radius 3 is 2.68 bits per heavy atom. The summed E-state index contributed by atoms with van der Waals surface area (Å²) in [6.07, 6.45) is 4.64. The lowest BCUT2D eigenvalue weighted by Crippen LogP contribution is -2.47. The fourth-order valence-electron chi connectivity index (χ4n) is 2.69. The van der Waals surface area contributed by atoms with Gasteiger partial charge in [-0.25, -0.2) is 0 Å². The standard InChI is InChI=1S/C15H31N3O/c1-12-11-13(6-10-18(12)4)17-14(19)5-7-15(2,3)8-9-16/h12-13H,5-11,16H2,1-4H3,(H,17,19). The van der Waals surface area contributed by atoms with Gasteiger partial charge in [0.2, 0.25) is 5.91 Å². The summed E-state index contributed by atoms with van der Waals surface area (Å²) in [6, 6.07) is 0.920. The highest BCUT2D eigenvalue weighted by molar-refractivity contribution is 5.76. The van der Waals surface area contributed by atoms with Gasteiger partial charge in [0.1, 0.15) is 0 Å². The third-order valence-corrected chi connectivity index (χ3v) is 4.42. The van der Waals surface area contributed by atoms with Crippen LogP contribution in [0, 0.1) is 5.41 Å². The fraction of sp³-hybridized carbons (Fsp3) is 0.933. The zero-order valence-electron chi connectivity index (χ0n) is 13.0. The van der Waals surface area contributed by atoms with Gasteiger partial charge in [-0.2, -0.15) is 0 Å². The van der Waals surface area contributed by atoms with Crippen LogP contribution in [-0.2, 0) is 4.79 Å². The molecule has 1 aliphatic rings. The van der Waals surface area contributed by atoms with Crippen molar-refractivity contribution in [1.82, 2.24) is 10.2 Å². The molecule has 19 heavy (non-hydrogen) atoms. The first kappa shape index (κ1) is 16.4. The number of nitrogens with one attached hydrogen (secondary N) is 1. The summed E-state index contributed by atoms with van der Waals surface area (Å²) in [6.45, 7) is 8.37. The van der Waals surface area contributed by atoms with Crippen LogP contribution in [0.25, 0.3) is 0 Å². The molecule has 1 amide bonds. The predicted molar refractivity (Wildman–Crippen MR) is 79.9 cm³/mol. The first-order chi connectivity index (χ1) is 8.84. The Hall–Kier alpha value is -0.610. The van der Waals surface area contributed by atoms with Gasteiger partial charge in [-0.15, -0.1) is 0 Å². The van der Waals surface area contributed by atoms with E-state index in [1.807, 2.05) is 0 Å². The lowest BCUT2D eigenvalue weighted by atomic mass is 9.84. The van der Waals surface area contributed by atoms with Gasteiger partial charge in [0.05, 0.1) is 0 Å². The summed E-state index contributed by atoms with van der Waals surface area (Å²) in [5.74, 6) is 0.201. The minimum atomic E-state index is 0.173. The summed E-state index contributed by atoms with van der Waals surface area (Å²) < 4.78 is 0. The Kier molecular flexibility index (Phi) is 6.27. The highest BCUT2D eigenvalue weighted by Gasteiger charge is 2.24. The van der Waals surface area contributed by atoms with Crippen LogP contribution in [0.3, 0.4) is 0 Å². The molecule has 1 rings (SSSR count). The maximum Gasteiger partial charge on any atom is 0.220 e. The molecule has 0 spiro atoms. The third kappa shape index (κ3) is 5.91. The molecule has 4 nitrogen and oxygen atoms in total. The molecule has 0 aliphatic carbocycles. The molecule has 1 heterocycles. The highest BCUT2D eigenvalue weighted by Crippen LogP contribution is 2.26. The smallest absolute Gasteiger partial charge is 0.220 e. The Morgan fingerprint density at radius 1 is 1.42 bits per heavy atom. The normalized spacial score (nSPS) is 25.3. The number of carbonyl (C=O) groups is 1. The van der Waals surface area contributed by atoms with Crippen LogP contribution < -0.4 is 11.1 Å². The van der Waals surface area contributed by atoms with Gasteiger partial charge in [0, 0.05) is 25.0 Å². The molecule has 0 aromatic heterocycles. The average Bonchev–Trinajstić information content (AvgIpc) is 2.32. The lowest BCUT2D eigenvalue weighted by molar-refractivity contribution is -0.122. The van der Waals surface area contributed by atoms with Gasteiger partial charge in [0.15, 0.2) is 0 Å². The number of amides is 1. The largest absolute Gasteiger partial charge is 0.353 e. The second-order valence-electron chi connectivity index (χ2n) is 6.82. The second kappa shape index (κ2) is 7.25. The topological polar surface area (TPSA) is 58.4 Å². The SMILES string of the molecule is CC1CC(NC(=O)CCC(C)(C)CCN)CCN1C. The number of hydrogen-bond acceptors (Lipinski definition) is 3. The van der Waals surface area contributed by atoms with Crippen molar-refractivity contribution in [3.05, 3.63) is 0 Å². The van der Waals surface area contributed by atoms with E-state index in [9.17, 15) is 4.79 Å². The zero-order chi connectivity index (χ0) is 14.5. The van der Waals surface area contributed by atoms with E-state index in [2.05, 4.69) is 38.0 Å². The van der Waals surface area contributed by atoms with Crippen molar-refractivity contribution < 1.29 is 4.79 Å². The lowest BCUT2D eigenvalue weighted by Gasteiger charge is -2.35.